The minimum absolute atomic E-state index is 0.159. The number of fused-ring (bicyclic) bond motifs is 1. The van der Waals surface area contributed by atoms with Gasteiger partial charge in [-0.2, -0.15) is 9.78 Å². The van der Waals surface area contributed by atoms with E-state index in [4.69, 9.17) is 10.1 Å². The largest absolute Gasteiger partial charge is 0.389 e. The number of likely N-dealkylation sites (N-methyl/N-ethyl adjacent to an activating group) is 1. The van der Waals surface area contributed by atoms with Crippen molar-refractivity contribution in [1.82, 2.24) is 24.6 Å². The molecule has 1 aliphatic heterocycles. The second kappa shape index (κ2) is 13.0. The fourth-order valence-electron chi connectivity index (χ4n) is 5.14. The van der Waals surface area contributed by atoms with Gasteiger partial charge >= 0.3 is 0 Å². The van der Waals surface area contributed by atoms with E-state index in [0.29, 0.717) is 16.9 Å². The molecule has 5 rings (SSSR count). The van der Waals surface area contributed by atoms with Gasteiger partial charge in [0.25, 0.3) is 11.5 Å². The fraction of sp³-hybridized carbons (Fsp3) is 0.419. The molecule has 0 atom stereocenters. The topological polar surface area (TPSA) is 117 Å². The van der Waals surface area contributed by atoms with Crippen molar-refractivity contribution >= 4 is 28.3 Å². The molecular weight excluding hydrogens is 556 g/mol. The highest BCUT2D eigenvalue weighted by molar-refractivity contribution is 6.08. The van der Waals surface area contributed by atoms with Crippen molar-refractivity contribution in [2.45, 2.75) is 52.1 Å². The molecule has 0 spiro atoms. The molecule has 230 valence electrons. The first kappa shape index (κ1) is 31.8. The van der Waals surface area contributed by atoms with Crippen molar-refractivity contribution in [3.05, 3.63) is 76.0 Å². The van der Waals surface area contributed by atoms with Crippen molar-refractivity contribution in [2.75, 3.05) is 36.9 Å². The van der Waals surface area contributed by atoms with Crippen LogP contribution in [-0.2, 0) is 7.05 Å². The Kier molecular flexibility index (Phi) is 9.61. The number of aliphatic hydroxyl groups is 1. The number of imidazole rings is 1. The van der Waals surface area contributed by atoms with Gasteiger partial charge in [-0.3, -0.25) is 9.59 Å². The Hall–Kier alpha value is -4.16. The Bertz CT molecular complexity index is 1650. The van der Waals surface area contributed by atoms with Crippen LogP contribution >= 0.6 is 0 Å². The number of carbonyl (C=O) groups excluding carboxylic acids is 1. The summed E-state index contributed by atoms with van der Waals surface area (Å²) in [6.45, 7) is 10.0. The van der Waals surface area contributed by atoms with Crippen molar-refractivity contribution in [2.24, 2.45) is 7.05 Å². The molecule has 10 nitrogen and oxygen atoms in total. The molecule has 3 N–H and O–H groups in total. The summed E-state index contributed by atoms with van der Waals surface area (Å²) in [5.74, 6) is -1.37. The van der Waals surface area contributed by atoms with Gasteiger partial charge in [0.2, 0.25) is 0 Å². The molecule has 0 bridgehead atoms. The molecule has 43 heavy (non-hydrogen) atoms. The maximum atomic E-state index is 14.3. The standard InChI is InChI=1S/C26H26F2N6O2.C5H13NO/c1-15(2)25-30-22-20(32(25)3)11-9-18(24(22)33-13-4-5-14-33)29-26(36)19-10-12-21(35)34(31-19)23-16(27)7-6-8-17(23)28;1-5(2,7)4-6-3/h6-12,15H,4-5,13-14H2,1-3H3,(H,29,36);6-7H,4H2,1-3H3. The summed E-state index contributed by atoms with van der Waals surface area (Å²) in [5, 5.41) is 18.7. The lowest BCUT2D eigenvalue weighted by atomic mass is 10.1. The summed E-state index contributed by atoms with van der Waals surface area (Å²) < 4.78 is 31.2. The van der Waals surface area contributed by atoms with E-state index in [1.807, 2.05) is 26.2 Å². The Labute approximate surface area is 249 Å². The van der Waals surface area contributed by atoms with E-state index in [-0.39, 0.29) is 11.6 Å². The van der Waals surface area contributed by atoms with Crippen LogP contribution in [0.1, 0.15) is 62.8 Å². The number of rotatable bonds is 7. The molecule has 1 amide bonds. The molecule has 0 saturated carbocycles. The van der Waals surface area contributed by atoms with Crippen LogP contribution in [0.15, 0.2) is 47.3 Å². The molecule has 1 fully saturated rings. The molecular formula is C31H39F2N7O3. The summed E-state index contributed by atoms with van der Waals surface area (Å²) in [6.07, 6.45) is 2.07. The highest BCUT2D eigenvalue weighted by atomic mass is 19.1. The smallest absolute Gasteiger partial charge is 0.276 e. The van der Waals surface area contributed by atoms with Gasteiger partial charge in [0.15, 0.2) is 11.6 Å². The number of hydrogen-bond donors (Lipinski definition) is 3. The van der Waals surface area contributed by atoms with Gasteiger partial charge in [0.1, 0.15) is 22.7 Å². The van der Waals surface area contributed by atoms with Crippen LogP contribution in [0.2, 0.25) is 0 Å². The van der Waals surface area contributed by atoms with E-state index in [2.05, 4.69) is 39.0 Å². The number of halogens is 2. The minimum Gasteiger partial charge on any atom is -0.389 e. The fourth-order valence-corrected chi connectivity index (χ4v) is 5.14. The maximum Gasteiger partial charge on any atom is 0.276 e. The van der Waals surface area contributed by atoms with E-state index in [0.717, 1.165) is 66.7 Å². The van der Waals surface area contributed by atoms with Crippen LogP contribution in [0.3, 0.4) is 0 Å². The normalized spacial score (nSPS) is 13.4. The molecule has 2 aromatic carbocycles. The van der Waals surface area contributed by atoms with E-state index in [9.17, 15) is 18.4 Å². The monoisotopic (exact) mass is 595 g/mol. The number of carbonyl (C=O) groups is 1. The van der Waals surface area contributed by atoms with Crippen molar-refractivity contribution in [1.29, 1.82) is 0 Å². The van der Waals surface area contributed by atoms with Gasteiger partial charge in [-0.15, -0.1) is 0 Å². The van der Waals surface area contributed by atoms with E-state index in [1.54, 1.807) is 13.8 Å². The zero-order chi connectivity index (χ0) is 31.5. The molecule has 1 aliphatic rings. The van der Waals surface area contributed by atoms with Crippen molar-refractivity contribution in [3.63, 3.8) is 0 Å². The number of aryl methyl sites for hydroxylation is 1. The third kappa shape index (κ3) is 7.08. The zero-order valence-electron chi connectivity index (χ0n) is 25.4. The average Bonchev–Trinajstić information content (AvgIpc) is 3.57. The summed E-state index contributed by atoms with van der Waals surface area (Å²) >= 11 is 0. The molecule has 0 unspecified atom stereocenters. The first-order valence-corrected chi connectivity index (χ1v) is 14.3. The predicted octanol–water partition coefficient (Wildman–Crippen LogP) is 4.35. The highest BCUT2D eigenvalue weighted by Crippen LogP contribution is 2.37. The first-order valence-electron chi connectivity index (χ1n) is 14.3. The third-order valence-corrected chi connectivity index (χ3v) is 7.04. The maximum absolute atomic E-state index is 14.3. The lowest BCUT2D eigenvalue weighted by Crippen LogP contribution is -2.32. The summed E-state index contributed by atoms with van der Waals surface area (Å²) in [7, 11) is 3.80. The number of amides is 1. The second-order valence-electron chi connectivity index (χ2n) is 11.5. The third-order valence-electron chi connectivity index (χ3n) is 7.04. The SMILES string of the molecule is CC(C)c1nc2c(N3CCCC3)c(NC(=O)c3ccc(=O)n(-c4c(F)cccc4F)n3)ccc2n1C.CNCC(C)(C)O. The van der Waals surface area contributed by atoms with Crippen molar-refractivity contribution < 1.29 is 18.7 Å². The van der Waals surface area contributed by atoms with Crippen molar-refractivity contribution in [3.8, 4) is 5.69 Å². The molecule has 3 heterocycles. The van der Waals surface area contributed by atoms with Crippen LogP contribution < -0.4 is 21.1 Å². The lowest BCUT2D eigenvalue weighted by molar-refractivity contribution is 0.0821. The van der Waals surface area contributed by atoms with Crippen LogP contribution in [0.5, 0.6) is 0 Å². The average molecular weight is 596 g/mol. The van der Waals surface area contributed by atoms with Crippen LogP contribution in [0.4, 0.5) is 20.2 Å². The second-order valence-corrected chi connectivity index (χ2v) is 11.5. The van der Waals surface area contributed by atoms with Crippen LogP contribution in [-0.4, -0.2) is 62.6 Å². The molecule has 0 aliphatic carbocycles. The molecule has 4 aromatic rings. The number of para-hydroxylation sites is 1. The molecule has 12 heteroatoms. The van der Waals surface area contributed by atoms with Crippen LogP contribution in [0, 0.1) is 11.6 Å². The molecule has 2 aromatic heterocycles. The van der Waals surface area contributed by atoms with Gasteiger partial charge in [-0.1, -0.05) is 19.9 Å². The minimum atomic E-state index is -0.958. The van der Waals surface area contributed by atoms with Gasteiger partial charge in [-0.25, -0.2) is 13.8 Å². The predicted molar refractivity (Wildman–Crippen MR) is 164 cm³/mol. The molecule has 0 radical (unpaired) electrons. The number of hydrogen-bond acceptors (Lipinski definition) is 7. The Morgan fingerprint density at radius 2 is 1.70 bits per heavy atom. The van der Waals surface area contributed by atoms with E-state index >= 15 is 0 Å². The number of benzene rings is 2. The van der Waals surface area contributed by atoms with E-state index in [1.165, 1.54) is 12.1 Å². The van der Waals surface area contributed by atoms with Crippen LogP contribution in [0.25, 0.3) is 16.7 Å². The quantitative estimate of drug-likeness (QED) is 0.291. The summed E-state index contributed by atoms with van der Waals surface area (Å²) in [4.78, 5) is 32.7. The zero-order valence-corrected chi connectivity index (χ0v) is 25.4. The number of nitrogens with zero attached hydrogens (tertiary/aromatic N) is 5. The summed E-state index contributed by atoms with van der Waals surface area (Å²) in [5.41, 5.74) is 1.03. The Balaban J connectivity index is 0.000000541. The summed E-state index contributed by atoms with van der Waals surface area (Å²) in [6, 6.07) is 9.27. The van der Waals surface area contributed by atoms with Gasteiger partial charge in [0, 0.05) is 38.7 Å². The Morgan fingerprint density at radius 3 is 2.26 bits per heavy atom. The van der Waals surface area contributed by atoms with E-state index < -0.39 is 34.4 Å². The number of aromatic nitrogens is 4. The first-order chi connectivity index (χ1) is 20.3. The molecule has 1 saturated heterocycles. The number of nitrogens with one attached hydrogen (secondary N) is 2. The van der Waals surface area contributed by atoms with Gasteiger partial charge in [-0.05, 0) is 64.1 Å². The van der Waals surface area contributed by atoms with Gasteiger partial charge < -0.3 is 25.2 Å². The number of anilines is 2. The van der Waals surface area contributed by atoms with Gasteiger partial charge in [0.05, 0.1) is 22.5 Å². The Morgan fingerprint density at radius 1 is 1.05 bits per heavy atom. The lowest BCUT2D eigenvalue weighted by Gasteiger charge is -2.22. The highest BCUT2D eigenvalue weighted by Gasteiger charge is 2.25.